The molecule has 2 unspecified atom stereocenters. The van der Waals surface area contributed by atoms with E-state index < -0.39 is 6.10 Å². The number of hydrogen-bond acceptors (Lipinski definition) is 4. The van der Waals surface area contributed by atoms with Gasteiger partial charge in [-0.2, -0.15) is 0 Å². The molecular weight excluding hydrogens is 158 g/mol. The van der Waals surface area contributed by atoms with Crippen molar-refractivity contribution in [1.82, 2.24) is 5.32 Å². The van der Waals surface area contributed by atoms with E-state index in [1.54, 1.807) is 6.92 Å². The standard InChI is InChI=1S/C7H17N3O2/c1-3-6(7(8)10-12)9-4-5(2)11/h5-6,9,11-12H,3-4H2,1-2H3,(H2,8,10). The molecule has 0 bridgehead atoms. The number of amidine groups is 1. The lowest BCUT2D eigenvalue weighted by atomic mass is 10.2. The van der Waals surface area contributed by atoms with Gasteiger partial charge in [0, 0.05) is 6.54 Å². The van der Waals surface area contributed by atoms with Gasteiger partial charge in [-0.1, -0.05) is 12.1 Å². The number of nitrogens with zero attached hydrogens (tertiary/aromatic N) is 1. The van der Waals surface area contributed by atoms with Crippen LogP contribution in [-0.4, -0.2) is 34.8 Å². The molecule has 0 saturated carbocycles. The fourth-order valence-corrected chi connectivity index (χ4v) is 0.841. The molecule has 5 nitrogen and oxygen atoms in total. The van der Waals surface area contributed by atoms with Crippen molar-refractivity contribution in [2.24, 2.45) is 10.9 Å². The van der Waals surface area contributed by atoms with Crippen molar-refractivity contribution in [2.45, 2.75) is 32.4 Å². The lowest BCUT2D eigenvalue weighted by Crippen LogP contribution is -2.43. The summed E-state index contributed by atoms with van der Waals surface area (Å²) in [6.45, 7) is 4.03. The van der Waals surface area contributed by atoms with Crippen LogP contribution in [0, 0.1) is 0 Å². The van der Waals surface area contributed by atoms with Crippen LogP contribution in [0.1, 0.15) is 20.3 Å². The number of oxime groups is 1. The first-order valence-corrected chi connectivity index (χ1v) is 4.00. The van der Waals surface area contributed by atoms with Crippen LogP contribution in [0.25, 0.3) is 0 Å². The van der Waals surface area contributed by atoms with Crippen LogP contribution in [0.4, 0.5) is 0 Å². The molecule has 5 heteroatoms. The molecule has 12 heavy (non-hydrogen) atoms. The van der Waals surface area contributed by atoms with E-state index in [1.165, 1.54) is 0 Å². The number of nitrogens with two attached hydrogens (primary N) is 1. The van der Waals surface area contributed by atoms with Crippen LogP contribution in [0.15, 0.2) is 5.16 Å². The van der Waals surface area contributed by atoms with Crippen LogP contribution in [0.5, 0.6) is 0 Å². The summed E-state index contributed by atoms with van der Waals surface area (Å²) in [5.74, 6) is 0.151. The first kappa shape index (κ1) is 11.2. The van der Waals surface area contributed by atoms with E-state index in [9.17, 15) is 0 Å². The van der Waals surface area contributed by atoms with Crippen LogP contribution < -0.4 is 11.1 Å². The average molecular weight is 175 g/mol. The maximum atomic E-state index is 8.95. The molecule has 2 atom stereocenters. The van der Waals surface area contributed by atoms with Crippen molar-refractivity contribution in [3.63, 3.8) is 0 Å². The summed E-state index contributed by atoms with van der Waals surface area (Å²) in [6.07, 6.45) is 0.299. The molecule has 0 fully saturated rings. The third-order valence-corrected chi connectivity index (χ3v) is 1.54. The van der Waals surface area contributed by atoms with Gasteiger partial charge in [0.05, 0.1) is 12.1 Å². The summed E-state index contributed by atoms with van der Waals surface area (Å²) in [5.41, 5.74) is 5.37. The molecule has 0 aliphatic rings. The number of rotatable bonds is 5. The lowest BCUT2D eigenvalue weighted by molar-refractivity contribution is 0.189. The Labute approximate surface area is 72.3 Å². The van der Waals surface area contributed by atoms with Gasteiger partial charge < -0.3 is 21.4 Å². The Hall–Kier alpha value is -0.810. The van der Waals surface area contributed by atoms with Gasteiger partial charge in [-0.25, -0.2) is 0 Å². The van der Waals surface area contributed by atoms with Crippen LogP contribution in [0.3, 0.4) is 0 Å². The maximum absolute atomic E-state index is 8.95. The quantitative estimate of drug-likeness (QED) is 0.196. The fraction of sp³-hybridized carbons (Fsp3) is 0.857. The fourth-order valence-electron chi connectivity index (χ4n) is 0.841. The highest BCUT2D eigenvalue weighted by atomic mass is 16.4. The summed E-state index contributed by atoms with van der Waals surface area (Å²) < 4.78 is 0. The maximum Gasteiger partial charge on any atom is 0.156 e. The van der Waals surface area contributed by atoms with Gasteiger partial charge in [-0.3, -0.25) is 0 Å². The summed E-state index contributed by atoms with van der Waals surface area (Å²) in [4.78, 5) is 0. The van der Waals surface area contributed by atoms with E-state index in [-0.39, 0.29) is 11.9 Å². The summed E-state index contributed by atoms with van der Waals surface area (Å²) in [6, 6.07) is -0.162. The van der Waals surface area contributed by atoms with Gasteiger partial charge in [0.2, 0.25) is 0 Å². The Morgan fingerprint density at radius 2 is 2.25 bits per heavy atom. The highest BCUT2D eigenvalue weighted by Gasteiger charge is 2.10. The van der Waals surface area contributed by atoms with E-state index >= 15 is 0 Å². The van der Waals surface area contributed by atoms with E-state index in [0.29, 0.717) is 6.54 Å². The van der Waals surface area contributed by atoms with E-state index in [2.05, 4.69) is 10.5 Å². The third-order valence-electron chi connectivity index (χ3n) is 1.54. The predicted octanol–water partition coefficient (Wildman–Crippen LogP) is -0.518. The van der Waals surface area contributed by atoms with E-state index in [4.69, 9.17) is 16.0 Å². The van der Waals surface area contributed by atoms with Crippen LogP contribution >= 0.6 is 0 Å². The Morgan fingerprint density at radius 3 is 2.58 bits per heavy atom. The topological polar surface area (TPSA) is 90.9 Å². The molecule has 0 saturated heterocycles. The second-order valence-corrected chi connectivity index (χ2v) is 2.74. The Bertz CT molecular complexity index is 148. The second kappa shape index (κ2) is 5.79. The summed E-state index contributed by atoms with van der Waals surface area (Å²) in [5, 5.41) is 23.1. The molecule has 0 spiro atoms. The molecule has 0 aromatic heterocycles. The Morgan fingerprint density at radius 1 is 1.67 bits per heavy atom. The zero-order chi connectivity index (χ0) is 9.56. The third kappa shape index (κ3) is 4.15. The van der Waals surface area contributed by atoms with Crippen molar-refractivity contribution < 1.29 is 10.3 Å². The van der Waals surface area contributed by atoms with Crippen molar-refractivity contribution in [3.8, 4) is 0 Å². The van der Waals surface area contributed by atoms with Crippen molar-refractivity contribution in [3.05, 3.63) is 0 Å². The molecule has 72 valence electrons. The number of aliphatic hydroxyl groups excluding tert-OH is 1. The smallest absolute Gasteiger partial charge is 0.156 e. The largest absolute Gasteiger partial charge is 0.409 e. The number of nitrogens with one attached hydrogen (secondary N) is 1. The van der Waals surface area contributed by atoms with Gasteiger partial charge in [-0.05, 0) is 13.3 Å². The van der Waals surface area contributed by atoms with Crippen molar-refractivity contribution >= 4 is 5.84 Å². The SMILES string of the molecule is CCC(NCC(C)O)C(N)=NO. The first-order chi connectivity index (χ1) is 5.61. The molecule has 0 heterocycles. The molecule has 0 aliphatic heterocycles. The van der Waals surface area contributed by atoms with Gasteiger partial charge in [-0.15, -0.1) is 0 Å². The van der Waals surface area contributed by atoms with Gasteiger partial charge in [0.15, 0.2) is 5.84 Å². The molecule has 0 amide bonds. The summed E-state index contributed by atoms with van der Waals surface area (Å²) >= 11 is 0. The number of hydrogen-bond donors (Lipinski definition) is 4. The molecule has 0 radical (unpaired) electrons. The lowest BCUT2D eigenvalue weighted by Gasteiger charge is -2.15. The predicted molar refractivity (Wildman–Crippen MR) is 47.2 cm³/mol. The van der Waals surface area contributed by atoms with Gasteiger partial charge >= 0.3 is 0 Å². The van der Waals surface area contributed by atoms with Crippen LogP contribution in [-0.2, 0) is 0 Å². The molecule has 0 aromatic rings. The van der Waals surface area contributed by atoms with Crippen molar-refractivity contribution in [1.29, 1.82) is 0 Å². The molecule has 0 rings (SSSR count). The minimum atomic E-state index is -0.425. The monoisotopic (exact) mass is 175 g/mol. The minimum absolute atomic E-state index is 0.151. The molecular formula is C7H17N3O2. The Balaban J connectivity index is 3.84. The zero-order valence-electron chi connectivity index (χ0n) is 7.49. The molecule has 0 aromatic carbocycles. The second-order valence-electron chi connectivity index (χ2n) is 2.74. The number of aliphatic hydroxyl groups is 1. The molecule has 0 aliphatic carbocycles. The highest BCUT2D eigenvalue weighted by Crippen LogP contribution is 1.91. The summed E-state index contributed by atoms with van der Waals surface area (Å²) in [7, 11) is 0. The zero-order valence-corrected chi connectivity index (χ0v) is 7.49. The highest BCUT2D eigenvalue weighted by molar-refractivity contribution is 5.85. The van der Waals surface area contributed by atoms with E-state index in [1.807, 2.05) is 6.92 Å². The van der Waals surface area contributed by atoms with E-state index in [0.717, 1.165) is 6.42 Å². The molecule has 5 N–H and O–H groups in total. The average Bonchev–Trinajstić information content (AvgIpc) is 2.04. The normalized spacial score (nSPS) is 17.4. The van der Waals surface area contributed by atoms with Gasteiger partial charge in [0.25, 0.3) is 0 Å². The van der Waals surface area contributed by atoms with Crippen LogP contribution in [0.2, 0.25) is 0 Å². The first-order valence-electron chi connectivity index (χ1n) is 4.00. The Kier molecular flexibility index (Phi) is 5.40. The minimum Gasteiger partial charge on any atom is -0.409 e. The van der Waals surface area contributed by atoms with Crippen molar-refractivity contribution in [2.75, 3.05) is 6.54 Å². The van der Waals surface area contributed by atoms with Gasteiger partial charge in [0.1, 0.15) is 0 Å².